The van der Waals surface area contributed by atoms with Crippen molar-refractivity contribution in [2.45, 2.75) is 64.4 Å². The monoisotopic (exact) mass is 210 g/mol. The van der Waals surface area contributed by atoms with Gasteiger partial charge in [0.2, 0.25) is 0 Å². The van der Waals surface area contributed by atoms with E-state index in [1.165, 1.54) is 51.4 Å². The van der Waals surface area contributed by atoms with Crippen LogP contribution in [0.5, 0.6) is 0 Å². The van der Waals surface area contributed by atoms with Gasteiger partial charge >= 0.3 is 0 Å². The summed E-state index contributed by atoms with van der Waals surface area (Å²) in [7, 11) is 1.87. The van der Waals surface area contributed by atoms with Gasteiger partial charge < -0.3 is 4.74 Å². The molecule has 0 spiro atoms. The first-order valence-electron chi connectivity index (χ1n) is 6.82. The van der Waals surface area contributed by atoms with Crippen molar-refractivity contribution in [3.63, 3.8) is 0 Å². The summed E-state index contributed by atoms with van der Waals surface area (Å²) in [5.74, 6) is 3.08. The van der Waals surface area contributed by atoms with Crippen molar-refractivity contribution >= 4 is 0 Å². The number of hydrogen-bond donors (Lipinski definition) is 0. The molecule has 15 heavy (non-hydrogen) atoms. The average molecular weight is 210 g/mol. The molecule has 2 aliphatic rings. The highest BCUT2D eigenvalue weighted by molar-refractivity contribution is 4.81. The fourth-order valence-electron chi connectivity index (χ4n) is 3.55. The second kappa shape index (κ2) is 5.34. The van der Waals surface area contributed by atoms with Crippen LogP contribution in [0.2, 0.25) is 0 Å². The average Bonchev–Trinajstić information content (AvgIpc) is 2.30. The Labute approximate surface area is 94.6 Å². The van der Waals surface area contributed by atoms with Crippen LogP contribution in [0.4, 0.5) is 0 Å². The highest BCUT2D eigenvalue weighted by atomic mass is 16.5. The molecule has 2 fully saturated rings. The third-order valence-electron chi connectivity index (χ3n) is 4.78. The molecule has 0 aromatic carbocycles. The van der Waals surface area contributed by atoms with Crippen molar-refractivity contribution in [1.82, 2.24) is 0 Å². The van der Waals surface area contributed by atoms with E-state index in [2.05, 4.69) is 6.92 Å². The van der Waals surface area contributed by atoms with Crippen molar-refractivity contribution < 1.29 is 4.74 Å². The Morgan fingerprint density at radius 3 is 1.67 bits per heavy atom. The second-order valence-corrected chi connectivity index (χ2v) is 5.79. The first-order valence-corrected chi connectivity index (χ1v) is 6.82. The Bertz CT molecular complexity index is 174. The van der Waals surface area contributed by atoms with Gasteiger partial charge in [-0.1, -0.05) is 19.8 Å². The largest absolute Gasteiger partial charge is 0.381 e. The maximum atomic E-state index is 5.44. The second-order valence-electron chi connectivity index (χ2n) is 5.79. The summed E-state index contributed by atoms with van der Waals surface area (Å²) in [5, 5.41) is 0. The van der Waals surface area contributed by atoms with Gasteiger partial charge in [-0.05, 0) is 56.3 Å². The Morgan fingerprint density at radius 1 is 0.733 bits per heavy atom. The minimum Gasteiger partial charge on any atom is -0.381 e. The van der Waals surface area contributed by atoms with Crippen molar-refractivity contribution in [3.05, 3.63) is 0 Å². The zero-order valence-electron chi connectivity index (χ0n) is 10.4. The van der Waals surface area contributed by atoms with E-state index in [9.17, 15) is 0 Å². The molecule has 0 bridgehead atoms. The first-order chi connectivity index (χ1) is 7.29. The number of methoxy groups -OCH3 is 1. The van der Waals surface area contributed by atoms with Crippen molar-refractivity contribution in [3.8, 4) is 0 Å². The zero-order valence-corrected chi connectivity index (χ0v) is 10.4. The molecule has 2 rings (SSSR count). The highest BCUT2D eigenvalue weighted by Crippen LogP contribution is 2.40. The van der Waals surface area contributed by atoms with E-state index in [0.717, 1.165) is 17.8 Å². The van der Waals surface area contributed by atoms with Crippen LogP contribution in [0.25, 0.3) is 0 Å². The molecule has 2 aliphatic carbocycles. The molecule has 0 aromatic rings. The van der Waals surface area contributed by atoms with Gasteiger partial charge in [0.05, 0.1) is 6.10 Å². The molecule has 0 aromatic heterocycles. The van der Waals surface area contributed by atoms with E-state index in [-0.39, 0.29) is 0 Å². The molecule has 1 heteroatoms. The van der Waals surface area contributed by atoms with Gasteiger partial charge in [0, 0.05) is 7.11 Å². The predicted molar refractivity (Wildman–Crippen MR) is 63.9 cm³/mol. The van der Waals surface area contributed by atoms with Gasteiger partial charge in [0.15, 0.2) is 0 Å². The molecule has 0 saturated heterocycles. The summed E-state index contributed by atoms with van der Waals surface area (Å²) in [4.78, 5) is 0. The molecule has 0 atom stereocenters. The van der Waals surface area contributed by atoms with Crippen LogP contribution in [-0.2, 0) is 4.74 Å². The zero-order chi connectivity index (χ0) is 10.7. The van der Waals surface area contributed by atoms with E-state index in [4.69, 9.17) is 4.74 Å². The fourth-order valence-corrected chi connectivity index (χ4v) is 3.55. The van der Waals surface area contributed by atoms with E-state index in [0.29, 0.717) is 6.10 Å². The summed E-state index contributed by atoms with van der Waals surface area (Å²) in [6.07, 6.45) is 12.0. The Hall–Kier alpha value is -0.0400. The van der Waals surface area contributed by atoms with E-state index < -0.39 is 0 Å². The van der Waals surface area contributed by atoms with Gasteiger partial charge in [-0.2, -0.15) is 0 Å². The van der Waals surface area contributed by atoms with Gasteiger partial charge in [0.25, 0.3) is 0 Å². The van der Waals surface area contributed by atoms with Crippen LogP contribution in [0.1, 0.15) is 58.3 Å². The summed E-state index contributed by atoms with van der Waals surface area (Å²) in [6.45, 7) is 2.41. The predicted octanol–water partition coefficient (Wildman–Crippen LogP) is 4.02. The molecular weight excluding hydrogens is 184 g/mol. The van der Waals surface area contributed by atoms with Gasteiger partial charge in [-0.3, -0.25) is 0 Å². The van der Waals surface area contributed by atoms with Gasteiger partial charge in [0.1, 0.15) is 0 Å². The number of ether oxygens (including phenoxy) is 1. The Balaban J connectivity index is 1.75. The summed E-state index contributed by atoms with van der Waals surface area (Å²) >= 11 is 0. The number of hydrogen-bond acceptors (Lipinski definition) is 1. The third kappa shape index (κ3) is 2.96. The lowest BCUT2D eigenvalue weighted by atomic mass is 9.71. The minimum atomic E-state index is 0.573. The maximum Gasteiger partial charge on any atom is 0.0571 e. The molecule has 0 amide bonds. The van der Waals surface area contributed by atoms with Crippen LogP contribution >= 0.6 is 0 Å². The molecular formula is C14H26O. The Morgan fingerprint density at radius 2 is 1.20 bits per heavy atom. The number of rotatable bonds is 2. The molecule has 0 N–H and O–H groups in total. The van der Waals surface area contributed by atoms with Crippen LogP contribution in [0, 0.1) is 17.8 Å². The molecule has 0 unspecified atom stereocenters. The topological polar surface area (TPSA) is 9.23 Å². The standard InChI is InChI=1S/C14H26O/c1-11-3-5-12(6-4-11)13-7-9-14(15-2)10-8-13/h11-14H,3-10H2,1-2H3/t11?,12?,13-,14-. The van der Waals surface area contributed by atoms with E-state index >= 15 is 0 Å². The van der Waals surface area contributed by atoms with Crippen LogP contribution < -0.4 is 0 Å². The lowest BCUT2D eigenvalue weighted by Gasteiger charge is -2.36. The summed E-state index contributed by atoms with van der Waals surface area (Å²) < 4.78 is 5.44. The normalized spacial score (nSPS) is 42.8. The molecule has 0 radical (unpaired) electrons. The van der Waals surface area contributed by atoms with E-state index in [1.54, 1.807) is 0 Å². The smallest absolute Gasteiger partial charge is 0.0571 e. The molecule has 1 nitrogen and oxygen atoms in total. The quantitative estimate of drug-likeness (QED) is 0.669. The SMILES string of the molecule is CO[C@H]1CC[C@H](C2CCC(C)CC2)CC1. The maximum absolute atomic E-state index is 5.44. The third-order valence-corrected chi connectivity index (χ3v) is 4.78. The minimum absolute atomic E-state index is 0.573. The molecule has 0 aliphatic heterocycles. The van der Waals surface area contributed by atoms with Crippen LogP contribution in [0.3, 0.4) is 0 Å². The van der Waals surface area contributed by atoms with E-state index in [1.807, 2.05) is 7.11 Å². The highest BCUT2D eigenvalue weighted by Gasteiger charge is 2.29. The Kier molecular flexibility index (Phi) is 4.07. The lowest BCUT2D eigenvalue weighted by molar-refractivity contribution is 0.0399. The van der Waals surface area contributed by atoms with Crippen molar-refractivity contribution in [1.29, 1.82) is 0 Å². The fraction of sp³-hybridized carbons (Fsp3) is 1.00. The molecule has 0 heterocycles. The summed E-state index contributed by atoms with van der Waals surface area (Å²) in [5.41, 5.74) is 0. The summed E-state index contributed by atoms with van der Waals surface area (Å²) in [6, 6.07) is 0. The van der Waals surface area contributed by atoms with Gasteiger partial charge in [-0.15, -0.1) is 0 Å². The lowest BCUT2D eigenvalue weighted by Crippen LogP contribution is -2.27. The molecule has 2 saturated carbocycles. The van der Waals surface area contributed by atoms with Crippen molar-refractivity contribution in [2.24, 2.45) is 17.8 Å². The molecule has 88 valence electrons. The van der Waals surface area contributed by atoms with Crippen LogP contribution in [-0.4, -0.2) is 13.2 Å². The van der Waals surface area contributed by atoms with Crippen LogP contribution in [0.15, 0.2) is 0 Å². The first kappa shape index (κ1) is 11.4. The van der Waals surface area contributed by atoms with Crippen molar-refractivity contribution in [2.75, 3.05) is 7.11 Å². The van der Waals surface area contributed by atoms with Gasteiger partial charge in [-0.25, -0.2) is 0 Å².